The second-order valence-electron chi connectivity index (χ2n) is 6.72. The third-order valence-corrected chi connectivity index (χ3v) is 4.56. The predicted octanol–water partition coefficient (Wildman–Crippen LogP) is 3.89. The maximum absolute atomic E-state index is 12.9. The van der Waals surface area contributed by atoms with Crippen LogP contribution in [0.3, 0.4) is 0 Å². The van der Waals surface area contributed by atoms with Crippen LogP contribution in [-0.4, -0.2) is 38.3 Å². The smallest absolute Gasteiger partial charge is 0.253 e. The van der Waals surface area contributed by atoms with Gasteiger partial charge in [-0.2, -0.15) is 0 Å². The summed E-state index contributed by atoms with van der Waals surface area (Å²) < 4.78 is 11.2. The highest BCUT2D eigenvalue weighted by Gasteiger charge is 2.18. The number of para-hydroxylation sites is 1. The summed E-state index contributed by atoms with van der Waals surface area (Å²) in [4.78, 5) is 15.0. The van der Waals surface area contributed by atoms with E-state index >= 15 is 0 Å². The Labute approximate surface area is 165 Å². The highest BCUT2D eigenvalue weighted by Crippen LogP contribution is 2.25. The first-order valence-corrected chi connectivity index (χ1v) is 9.57. The quantitative estimate of drug-likeness (QED) is 0.815. The summed E-state index contributed by atoms with van der Waals surface area (Å²) in [5.74, 6) is 0.615. The summed E-state index contributed by atoms with van der Waals surface area (Å²) in [6.07, 6.45) is 0.0441. The largest absolute Gasteiger partial charge is 0.491 e. The third kappa shape index (κ3) is 5.15. The number of morpholine rings is 1. The monoisotopic (exact) mass is 388 g/mol. The number of hydrogen-bond donors (Lipinski definition) is 1. The van der Waals surface area contributed by atoms with Crippen LogP contribution in [0.4, 0.5) is 5.69 Å². The molecule has 0 aromatic heterocycles. The molecule has 1 N–H and O–H groups in total. The Balaban J connectivity index is 1.74. The molecule has 0 radical (unpaired) electrons. The highest BCUT2D eigenvalue weighted by molar-refractivity contribution is 6.30. The molecule has 0 aliphatic carbocycles. The first kappa shape index (κ1) is 19.5. The molecule has 1 saturated heterocycles. The lowest BCUT2D eigenvalue weighted by Gasteiger charge is -2.30. The Morgan fingerprint density at radius 2 is 1.96 bits per heavy atom. The van der Waals surface area contributed by atoms with Crippen LogP contribution in [-0.2, 0) is 11.3 Å². The van der Waals surface area contributed by atoms with Gasteiger partial charge in [-0.15, -0.1) is 0 Å². The van der Waals surface area contributed by atoms with E-state index in [2.05, 4.69) is 10.2 Å². The van der Waals surface area contributed by atoms with E-state index in [1.54, 1.807) is 6.07 Å². The van der Waals surface area contributed by atoms with Gasteiger partial charge < -0.3 is 19.7 Å². The van der Waals surface area contributed by atoms with Gasteiger partial charge in [0.25, 0.3) is 5.91 Å². The minimum atomic E-state index is -0.118. The van der Waals surface area contributed by atoms with Gasteiger partial charge in [0.15, 0.2) is 0 Å². The minimum Gasteiger partial charge on any atom is -0.491 e. The van der Waals surface area contributed by atoms with Gasteiger partial charge >= 0.3 is 0 Å². The number of ether oxygens (including phenoxy) is 2. The van der Waals surface area contributed by atoms with Crippen LogP contribution in [0.25, 0.3) is 0 Å². The topological polar surface area (TPSA) is 50.8 Å². The van der Waals surface area contributed by atoms with Crippen LogP contribution < -0.4 is 15.0 Å². The molecule has 3 rings (SSSR count). The number of nitrogens with one attached hydrogen (secondary N) is 1. The molecule has 0 atom stereocenters. The summed E-state index contributed by atoms with van der Waals surface area (Å²) >= 11 is 6.13. The number of carbonyl (C=O) groups excluding carboxylic acids is 1. The molecule has 0 spiro atoms. The van der Waals surface area contributed by atoms with Crippen molar-refractivity contribution < 1.29 is 14.3 Å². The lowest BCUT2D eigenvalue weighted by molar-refractivity contribution is 0.0949. The van der Waals surface area contributed by atoms with Gasteiger partial charge in [0.2, 0.25) is 0 Å². The molecule has 0 saturated carbocycles. The fraction of sp³-hybridized carbons (Fsp3) is 0.381. The van der Waals surface area contributed by atoms with Gasteiger partial charge in [-0.3, -0.25) is 4.79 Å². The Kier molecular flexibility index (Phi) is 6.58. The van der Waals surface area contributed by atoms with Gasteiger partial charge in [-0.25, -0.2) is 0 Å². The van der Waals surface area contributed by atoms with Crippen molar-refractivity contribution in [3.05, 3.63) is 58.6 Å². The molecule has 144 valence electrons. The van der Waals surface area contributed by atoms with Crippen molar-refractivity contribution >= 4 is 23.2 Å². The zero-order valence-electron chi connectivity index (χ0n) is 15.7. The van der Waals surface area contributed by atoms with E-state index in [0.29, 0.717) is 30.3 Å². The molecule has 1 fully saturated rings. The average Bonchev–Trinajstić information content (AvgIpc) is 2.68. The molecule has 1 aliphatic heterocycles. The first-order chi connectivity index (χ1) is 13.0. The van der Waals surface area contributed by atoms with Crippen LogP contribution >= 0.6 is 11.6 Å². The number of amides is 1. The van der Waals surface area contributed by atoms with Crippen LogP contribution in [0.15, 0.2) is 42.5 Å². The normalized spacial score (nSPS) is 14.3. The number of halogens is 1. The van der Waals surface area contributed by atoms with Gasteiger partial charge in [0.05, 0.1) is 24.9 Å². The maximum Gasteiger partial charge on any atom is 0.253 e. The first-order valence-electron chi connectivity index (χ1n) is 9.19. The van der Waals surface area contributed by atoms with Gasteiger partial charge in [-0.05, 0) is 44.2 Å². The SMILES string of the molecule is CC(C)Oc1ccc(Cl)cc1CNC(=O)c1ccccc1N1CCOCC1. The van der Waals surface area contributed by atoms with E-state index in [1.807, 2.05) is 50.2 Å². The van der Waals surface area contributed by atoms with E-state index in [9.17, 15) is 4.79 Å². The average molecular weight is 389 g/mol. The lowest BCUT2D eigenvalue weighted by atomic mass is 10.1. The van der Waals surface area contributed by atoms with E-state index in [1.165, 1.54) is 0 Å². The molecule has 2 aromatic rings. The molecular formula is C21H25ClN2O3. The second kappa shape index (κ2) is 9.11. The fourth-order valence-electron chi connectivity index (χ4n) is 3.07. The third-order valence-electron chi connectivity index (χ3n) is 4.33. The standard InChI is InChI=1S/C21H25ClN2O3/c1-15(2)27-20-8-7-17(22)13-16(20)14-23-21(25)18-5-3-4-6-19(18)24-9-11-26-12-10-24/h3-8,13,15H,9-12,14H2,1-2H3,(H,23,25). The Bertz CT molecular complexity index is 789. The summed E-state index contributed by atoms with van der Waals surface area (Å²) in [6, 6.07) is 13.1. The van der Waals surface area contributed by atoms with Crippen molar-refractivity contribution in [1.29, 1.82) is 0 Å². The number of carbonyl (C=O) groups is 1. The van der Waals surface area contributed by atoms with Gasteiger partial charge in [0, 0.05) is 35.9 Å². The van der Waals surface area contributed by atoms with Crippen LogP contribution in [0, 0.1) is 0 Å². The second-order valence-corrected chi connectivity index (χ2v) is 7.15. The molecule has 2 aromatic carbocycles. The molecule has 1 amide bonds. The molecule has 5 nitrogen and oxygen atoms in total. The zero-order chi connectivity index (χ0) is 19.2. The number of anilines is 1. The Morgan fingerprint density at radius 1 is 1.22 bits per heavy atom. The van der Waals surface area contributed by atoms with Gasteiger partial charge in [-0.1, -0.05) is 23.7 Å². The van der Waals surface area contributed by atoms with Crippen molar-refractivity contribution in [2.75, 3.05) is 31.2 Å². The fourth-order valence-corrected chi connectivity index (χ4v) is 3.27. The van der Waals surface area contributed by atoms with Crippen molar-refractivity contribution in [3.8, 4) is 5.75 Å². The van der Waals surface area contributed by atoms with Crippen molar-refractivity contribution in [3.63, 3.8) is 0 Å². The van der Waals surface area contributed by atoms with Crippen LogP contribution in [0.1, 0.15) is 29.8 Å². The van der Waals surface area contributed by atoms with Crippen LogP contribution in [0.5, 0.6) is 5.75 Å². The van der Waals surface area contributed by atoms with Gasteiger partial charge in [0.1, 0.15) is 5.75 Å². The molecule has 6 heteroatoms. The van der Waals surface area contributed by atoms with E-state index in [-0.39, 0.29) is 12.0 Å². The summed E-state index contributed by atoms with van der Waals surface area (Å²) in [5, 5.41) is 3.61. The summed E-state index contributed by atoms with van der Waals surface area (Å²) in [7, 11) is 0. The maximum atomic E-state index is 12.9. The molecule has 0 unspecified atom stereocenters. The molecule has 27 heavy (non-hydrogen) atoms. The molecular weight excluding hydrogens is 364 g/mol. The number of rotatable bonds is 6. The van der Waals surface area contributed by atoms with Crippen molar-refractivity contribution in [2.24, 2.45) is 0 Å². The van der Waals surface area contributed by atoms with Crippen LogP contribution in [0.2, 0.25) is 5.02 Å². The Hall–Kier alpha value is -2.24. The predicted molar refractivity (Wildman–Crippen MR) is 108 cm³/mol. The molecule has 1 heterocycles. The number of benzene rings is 2. The summed E-state index contributed by atoms with van der Waals surface area (Å²) in [6.45, 7) is 7.20. The number of nitrogens with zero attached hydrogens (tertiary/aromatic N) is 1. The molecule has 1 aliphatic rings. The van der Waals surface area contributed by atoms with E-state index < -0.39 is 0 Å². The lowest BCUT2D eigenvalue weighted by Crippen LogP contribution is -2.37. The Morgan fingerprint density at radius 3 is 2.70 bits per heavy atom. The highest BCUT2D eigenvalue weighted by atomic mass is 35.5. The van der Waals surface area contributed by atoms with E-state index in [4.69, 9.17) is 21.1 Å². The molecule has 0 bridgehead atoms. The van der Waals surface area contributed by atoms with Crippen molar-refractivity contribution in [1.82, 2.24) is 5.32 Å². The summed E-state index contributed by atoms with van der Waals surface area (Å²) in [5.41, 5.74) is 2.45. The van der Waals surface area contributed by atoms with E-state index in [0.717, 1.165) is 30.1 Å². The van der Waals surface area contributed by atoms with Crippen molar-refractivity contribution in [2.45, 2.75) is 26.5 Å². The number of hydrogen-bond acceptors (Lipinski definition) is 4. The zero-order valence-corrected chi connectivity index (χ0v) is 16.5. The minimum absolute atomic E-state index is 0.0441.